The van der Waals surface area contributed by atoms with E-state index in [2.05, 4.69) is 9.97 Å². The lowest BCUT2D eigenvalue weighted by Gasteiger charge is -2.04. The molecule has 0 unspecified atom stereocenters. The van der Waals surface area contributed by atoms with Gasteiger partial charge in [0.2, 0.25) is 5.88 Å². The van der Waals surface area contributed by atoms with Gasteiger partial charge in [-0.15, -0.1) is 0 Å². The van der Waals surface area contributed by atoms with Crippen LogP contribution in [0.25, 0.3) is 11.4 Å². The van der Waals surface area contributed by atoms with Crippen LogP contribution >= 0.6 is 11.3 Å². The topological polar surface area (TPSA) is 35.0 Å². The number of benzene rings is 1. The minimum atomic E-state index is 0.553. The van der Waals surface area contributed by atoms with Crippen molar-refractivity contribution in [3.05, 3.63) is 59.4 Å². The van der Waals surface area contributed by atoms with Crippen molar-refractivity contribution in [2.45, 2.75) is 0 Å². The minimum absolute atomic E-state index is 0.553. The van der Waals surface area contributed by atoms with E-state index >= 15 is 0 Å². The summed E-state index contributed by atoms with van der Waals surface area (Å²) in [5, 5.41) is 4.02. The average molecular weight is 254 g/mol. The van der Waals surface area contributed by atoms with E-state index in [0.29, 0.717) is 11.7 Å². The number of hydrogen-bond donors (Lipinski definition) is 0. The molecule has 0 aliphatic heterocycles. The first-order valence-electron chi connectivity index (χ1n) is 5.50. The van der Waals surface area contributed by atoms with Crippen molar-refractivity contribution >= 4 is 11.3 Å². The lowest BCUT2D eigenvalue weighted by molar-refractivity contribution is 0.462. The molecule has 2 aromatic heterocycles. The molecular weight excluding hydrogens is 244 g/mol. The minimum Gasteiger partial charge on any atom is -0.439 e. The maximum absolute atomic E-state index is 5.67. The molecule has 0 amide bonds. The van der Waals surface area contributed by atoms with E-state index in [0.717, 1.165) is 11.3 Å². The van der Waals surface area contributed by atoms with Crippen LogP contribution in [0.2, 0.25) is 0 Å². The molecular formula is C14H10N2OS. The van der Waals surface area contributed by atoms with Crippen LogP contribution in [0.1, 0.15) is 0 Å². The molecule has 1 aromatic carbocycles. The molecule has 0 saturated carbocycles. The third-order valence-corrected chi connectivity index (χ3v) is 3.06. The van der Waals surface area contributed by atoms with Crippen molar-refractivity contribution in [1.29, 1.82) is 0 Å². The Kier molecular flexibility index (Phi) is 3.02. The Morgan fingerprint density at radius 3 is 2.67 bits per heavy atom. The molecule has 88 valence electrons. The second kappa shape index (κ2) is 4.98. The Bertz CT molecular complexity index is 623. The Morgan fingerprint density at radius 2 is 1.89 bits per heavy atom. The zero-order valence-corrected chi connectivity index (χ0v) is 10.3. The van der Waals surface area contributed by atoms with Gasteiger partial charge in [-0.25, -0.2) is 4.98 Å². The summed E-state index contributed by atoms with van der Waals surface area (Å²) in [6.45, 7) is 0. The van der Waals surface area contributed by atoms with Gasteiger partial charge in [0.1, 0.15) is 5.75 Å². The van der Waals surface area contributed by atoms with Crippen LogP contribution in [-0.2, 0) is 0 Å². The van der Waals surface area contributed by atoms with Crippen LogP contribution in [0.3, 0.4) is 0 Å². The van der Waals surface area contributed by atoms with Crippen molar-refractivity contribution in [2.75, 3.05) is 0 Å². The zero-order valence-electron chi connectivity index (χ0n) is 9.48. The molecule has 18 heavy (non-hydrogen) atoms. The molecule has 2 heterocycles. The molecule has 0 bridgehead atoms. The van der Waals surface area contributed by atoms with E-state index < -0.39 is 0 Å². The zero-order chi connectivity index (χ0) is 12.2. The van der Waals surface area contributed by atoms with Gasteiger partial charge in [-0.3, -0.25) is 0 Å². The van der Waals surface area contributed by atoms with Crippen LogP contribution in [0.5, 0.6) is 11.6 Å². The Balaban J connectivity index is 1.88. The van der Waals surface area contributed by atoms with Crippen molar-refractivity contribution in [1.82, 2.24) is 9.97 Å². The molecule has 0 aliphatic rings. The van der Waals surface area contributed by atoms with E-state index in [9.17, 15) is 0 Å². The summed E-state index contributed by atoms with van der Waals surface area (Å²) in [6, 6.07) is 13.3. The summed E-state index contributed by atoms with van der Waals surface area (Å²) < 4.78 is 5.67. The van der Waals surface area contributed by atoms with Gasteiger partial charge in [-0.1, -0.05) is 18.2 Å². The molecule has 0 N–H and O–H groups in total. The van der Waals surface area contributed by atoms with Crippen molar-refractivity contribution in [2.24, 2.45) is 0 Å². The largest absolute Gasteiger partial charge is 0.439 e. The summed E-state index contributed by atoms with van der Waals surface area (Å²) in [6.07, 6.45) is 1.71. The van der Waals surface area contributed by atoms with Gasteiger partial charge in [0.05, 0.1) is 0 Å². The highest BCUT2D eigenvalue weighted by Gasteiger charge is 2.04. The summed E-state index contributed by atoms with van der Waals surface area (Å²) >= 11 is 1.62. The molecule has 4 heteroatoms. The van der Waals surface area contributed by atoms with Crippen LogP contribution in [0.15, 0.2) is 59.4 Å². The fraction of sp³-hybridized carbons (Fsp3) is 0. The predicted molar refractivity (Wildman–Crippen MR) is 71.9 cm³/mol. The molecule has 3 nitrogen and oxygen atoms in total. The molecule has 0 saturated heterocycles. The van der Waals surface area contributed by atoms with Crippen LogP contribution in [0.4, 0.5) is 0 Å². The SMILES string of the molecule is c1ccc(Oc2ccnc(-c3ccsc3)n2)cc1. The van der Waals surface area contributed by atoms with Crippen molar-refractivity contribution in [3.8, 4) is 23.0 Å². The first-order valence-corrected chi connectivity index (χ1v) is 6.44. The van der Waals surface area contributed by atoms with Crippen molar-refractivity contribution in [3.63, 3.8) is 0 Å². The van der Waals surface area contributed by atoms with Gasteiger partial charge in [-0.05, 0) is 23.6 Å². The van der Waals surface area contributed by atoms with Crippen LogP contribution < -0.4 is 4.74 Å². The second-order valence-corrected chi connectivity index (χ2v) is 4.43. The molecule has 0 spiro atoms. The highest BCUT2D eigenvalue weighted by atomic mass is 32.1. The maximum Gasteiger partial charge on any atom is 0.222 e. The Morgan fingerprint density at radius 1 is 1.00 bits per heavy atom. The molecule has 0 radical (unpaired) electrons. The summed E-state index contributed by atoms with van der Waals surface area (Å²) in [4.78, 5) is 8.62. The predicted octanol–water partition coefficient (Wildman–Crippen LogP) is 4.00. The lowest BCUT2D eigenvalue weighted by Crippen LogP contribution is -1.91. The van der Waals surface area contributed by atoms with E-state index in [-0.39, 0.29) is 0 Å². The Labute approximate surface area is 109 Å². The molecule has 3 rings (SSSR count). The summed E-state index contributed by atoms with van der Waals surface area (Å²) in [7, 11) is 0. The van der Waals surface area contributed by atoms with Gasteiger partial charge in [-0.2, -0.15) is 16.3 Å². The average Bonchev–Trinajstić information content (AvgIpc) is 2.94. The van der Waals surface area contributed by atoms with Crippen LogP contribution in [-0.4, -0.2) is 9.97 Å². The van der Waals surface area contributed by atoms with Gasteiger partial charge < -0.3 is 4.74 Å². The number of hydrogen-bond acceptors (Lipinski definition) is 4. The number of ether oxygens (including phenoxy) is 1. The number of rotatable bonds is 3. The normalized spacial score (nSPS) is 10.2. The molecule has 3 aromatic rings. The van der Waals surface area contributed by atoms with Gasteiger partial charge in [0.15, 0.2) is 5.82 Å². The van der Waals surface area contributed by atoms with Gasteiger partial charge >= 0.3 is 0 Å². The Hall–Kier alpha value is -2.20. The quantitative estimate of drug-likeness (QED) is 0.708. The molecule has 0 fully saturated rings. The van der Waals surface area contributed by atoms with E-state index in [4.69, 9.17) is 4.74 Å². The summed E-state index contributed by atoms with van der Waals surface area (Å²) in [5.74, 6) is 2.01. The number of aromatic nitrogens is 2. The van der Waals surface area contributed by atoms with Gasteiger partial charge in [0.25, 0.3) is 0 Å². The third kappa shape index (κ3) is 2.38. The molecule has 0 atom stereocenters. The monoisotopic (exact) mass is 254 g/mol. The highest BCUT2D eigenvalue weighted by molar-refractivity contribution is 7.08. The summed E-state index contributed by atoms with van der Waals surface area (Å²) in [5.41, 5.74) is 1.01. The highest BCUT2D eigenvalue weighted by Crippen LogP contribution is 2.22. The third-order valence-electron chi connectivity index (χ3n) is 2.38. The first kappa shape index (κ1) is 10.9. The van der Waals surface area contributed by atoms with Gasteiger partial charge in [0, 0.05) is 23.2 Å². The number of thiophene rings is 1. The van der Waals surface area contributed by atoms with Crippen molar-refractivity contribution < 1.29 is 4.74 Å². The first-order chi connectivity index (χ1) is 8.92. The molecule has 0 aliphatic carbocycles. The number of nitrogens with zero attached hydrogens (tertiary/aromatic N) is 2. The second-order valence-electron chi connectivity index (χ2n) is 3.65. The fourth-order valence-electron chi connectivity index (χ4n) is 1.54. The standard InChI is InChI=1S/C14H10N2OS/c1-2-4-12(5-3-1)17-13-6-8-15-14(16-13)11-7-9-18-10-11/h1-10H. The van der Waals surface area contributed by atoms with E-state index in [1.54, 1.807) is 23.6 Å². The maximum atomic E-state index is 5.67. The van der Waals surface area contributed by atoms with E-state index in [1.165, 1.54) is 0 Å². The van der Waals surface area contributed by atoms with E-state index in [1.807, 2.05) is 47.2 Å². The lowest BCUT2D eigenvalue weighted by atomic mass is 10.3. The fourth-order valence-corrected chi connectivity index (χ4v) is 2.17. The van der Waals surface area contributed by atoms with Crippen LogP contribution in [0, 0.1) is 0 Å². The number of para-hydroxylation sites is 1. The smallest absolute Gasteiger partial charge is 0.222 e.